The van der Waals surface area contributed by atoms with Gasteiger partial charge in [-0.05, 0) is 26.2 Å². The first-order valence-corrected chi connectivity index (χ1v) is 5.80. The fourth-order valence-corrected chi connectivity index (χ4v) is 2.21. The maximum absolute atomic E-state index is 11.9. The van der Waals surface area contributed by atoms with Gasteiger partial charge < -0.3 is 15.3 Å². The molecule has 2 aliphatic rings. The quantitative estimate of drug-likeness (QED) is 0.642. The molecule has 0 radical (unpaired) electrons. The molecule has 4 nitrogen and oxygen atoms in total. The highest BCUT2D eigenvalue weighted by molar-refractivity contribution is 5.80. The SMILES string of the molecule is CC1(O)CCCN(C(=O)C2CNC2)CC1. The number of rotatable bonds is 1. The van der Waals surface area contributed by atoms with Crippen LogP contribution in [-0.2, 0) is 4.79 Å². The maximum atomic E-state index is 11.9. The Bertz CT molecular complexity index is 249. The van der Waals surface area contributed by atoms with Gasteiger partial charge in [-0.25, -0.2) is 0 Å². The fraction of sp³-hybridized carbons (Fsp3) is 0.909. The zero-order valence-corrected chi connectivity index (χ0v) is 9.33. The first-order valence-electron chi connectivity index (χ1n) is 5.80. The van der Waals surface area contributed by atoms with Crippen LogP contribution in [0, 0.1) is 5.92 Å². The molecule has 0 aromatic carbocycles. The number of hydrogen-bond acceptors (Lipinski definition) is 3. The zero-order valence-electron chi connectivity index (χ0n) is 9.33. The maximum Gasteiger partial charge on any atom is 0.228 e. The Kier molecular flexibility index (Phi) is 2.98. The summed E-state index contributed by atoms with van der Waals surface area (Å²) >= 11 is 0. The molecular formula is C11H20N2O2. The summed E-state index contributed by atoms with van der Waals surface area (Å²) in [5, 5.41) is 13.0. The summed E-state index contributed by atoms with van der Waals surface area (Å²) in [6.45, 7) is 5.04. The second-order valence-corrected chi connectivity index (χ2v) is 5.03. The molecule has 2 rings (SSSR count). The number of likely N-dealkylation sites (tertiary alicyclic amines) is 1. The smallest absolute Gasteiger partial charge is 0.228 e. The lowest BCUT2D eigenvalue weighted by atomic mass is 9.98. The van der Waals surface area contributed by atoms with Crippen molar-refractivity contribution in [2.75, 3.05) is 26.2 Å². The minimum Gasteiger partial charge on any atom is -0.390 e. The van der Waals surface area contributed by atoms with E-state index in [-0.39, 0.29) is 11.8 Å². The van der Waals surface area contributed by atoms with Crippen molar-refractivity contribution in [1.29, 1.82) is 0 Å². The van der Waals surface area contributed by atoms with Gasteiger partial charge in [-0.2, -0.15) is 0 Å². The Morgan fingerprint density at radius 1 is 1.40 bits per heavy atom. The first kappa shape index (κ1) is 10.9. The molecule has 2 fully saturated rings. The van der Waals surface area contributed by atoms with Gasteiger partial charge in [-0.15, -0.1) is 0 Å². The van der Waals surface area contributed by atoms with Crippen molar-refractivity contribution >= 4 is 5.91 Å². The third kappa shape index (κ3) is 2.49. The summed E-state index contributed by atoms with van der Waals surface area (Å²) in [5.74, 6) is 0.458. The Hall–Kier alpha value is -0.610. The van der Waals surface area contributed by atoms with Crippen LogP contribution in [0.3, 0.4) is 0 Å². The van der Waals surface area contributed by atoms with Gasteiger partial charge in [-0.3, -0.25) is 4.79 Å². The summed E-state index contributed by atoms with van der Waals surface area (Å²) < 4.78 is 0. The molecule has 0 saturated carbocycles. The van der Waals surface area contributed by atoms with Crippen molar-refractivity contribution in [3.63, 3.8) is 0 Å². The highest BCUT2D eigenvalue weighted by Gasteiger charge is 2.32. The van der Waals surface area contributed by atoms with Crippen LogP contribution in [0.4, 0.5) is 0 Å². The Labute approximate surface area is 90.6 Å². The molecule has 2 heterocycles. The minimum absolute atomic E-state index is 0.188. The Morgan fingerprint density at radius 2 is 2.13 bits per heavy atom. The van der Waals surface area contributed by atoms with Gasteiger partial charge in [0, 0.05) is 26.2 Å². The second kappa shape index (κ2) is 4.10. The zero-order chi connectivity index (χ0) is 10.9. The van der Waals surface area contributed by atoms with Crippen molar-refractivity contribution in [2.24, 2.45) is 5.92 Å². The third-order valence-corrected chi connectivity index (χ3v) is 3.51. The van der Waals surface area contributed by atoms with Crippen LogP contribution < -0.4 is 5.32 Å². The highest BCUT2D eigenvalue weighted by Crippen LogP contribution is 2.22. The van der Waals surface area contributed by atoms with Crippen LogP contribution in [0.1, 0.15) is 26.2 Å². The fourth-order valence-electron chi connectivity index (χ4n) is 2.21. The number of hydrogen-bond donors (Lipinski definition) is 2. The number of aliphatic hydroxyl groups is 1. The topological polar surface area (TPSA) is 52.6 Å². The van der Waals surface area contributed by atoms with E-state index in [9.17, 15) is 9.90 Å². The van der Waals surface area contributed by atoms with Gasteiger partial charge in [0.05, 0.1) is 11.5 Å². The van der Waals surface area contributed by atoms with E-state index in [1.54, 1.807) is 0 Å². The van der Waals surface area contributed by atoms with E-state index < -0.39 is 5.60 Å². The summed E-state index contributed by atoms with van der Waals surface area (Å²) in [7, 11) is 0. The minimum atomic E-state index is -0.576. The molecule has 2 saturated heterocycles. The molecule has 0 aliphatic carbocycles. The molecule has 15 heavy (non-hydrogen) atoms. The predicted molar refractivity (Wildman–Crippen MR) is 57.4 cm³/mol. The summed E-state index contributed by atoms with van der Waals surface area (Å²) in [6.07, 6.45) is 2.43. The van der Waals surface area contributed by atoms with Crippen LogP contribution >= 0.6 is 0 Å². The van der Waals surface area contributed by atoms with E-state index in [2.05, 4.69) is 5.32 Å². The second-order valence-electron chi connectivity index (χ2n) is 5.03. The molecule has 0 aromatic rings. The number of amides is 1. The molecule has 1 unspecified atom stereocenters. The molecule has 2 aliphatic heterocycles. The van der Waals surface area contributed by atoms with Crippen molar-refractivity contribution in [1.82, 2.24) is 10.2 Å². The molecule has 0 bridgehead atoms. The lowest BCUT2D eigenvalue weighted by Crippen LogP contribution is -2.52. The molecule has 1 amide bonds. The van der Waals surface area contributed by atoms with Crippen molar-refractivity contribution < 1.29 is 9.90 Å². The molecule has 1 atom stereocenters. The monoisotopic (exact) mass is 212 g/mol. The predicted octanol–water partition coefficient (Wildman–Crippen LogP) is -0.0307. The van der Waals surface area contributed by atoms with Crippen LogP contribution in [0.25, 0.3) is 0 Å². The number of nitrogens with one attached hydrogen (secondary N) is 1. The standard InChI is InChI=1S/C11H20N2O2/c1-11(15)3-2-5-13(6-4-11)10(14)9-7-12-8-9/h9,12,15H,2-8H2,1H3. The average molecular weight is 212 g/mol. The normalized spacial score (nSPS) is 33.3. The van der Waals surface area contributed by atoms with Gasteiger partial charge in [0.2, 0.25) is 5.91 Å². The number of carbonyl (C=O) groups excluding carboxylic acids is 1. The van der Waals surface area contributed by atoms with Gasteiger partial charge in [0.15, 0.2) is 0 Å². The third-order valence-electron chi connectivity index (χ3n) is 3.51. The van der Waals surface area contributed by atoms with Crippen LogP contribution in [0.5, 0.6) is 0 Å². The van der Waals surface area contributed by atoms with E-state index in [4.69, 9.17) is 0 Å². The average Bonchev–Trinajstić information content (AvgIpc) is 2.23. The lowest BCUT2D eigenvalue weighted by molar-refractivity contribution is -0.137. The van der Waals surface area contributed by atoms with E-state index in [1.807, 2.05) is 11.8 Å². The highest BCUT2D eigenvalue weighted by atomic mass is 16.3. The van der Waals surface area contributed by atoms with Gasteiger partial charge in [-0.1, -0.05) is 0 Å². The number of carbonyl (C=O) groups is 1. The van der Waals surface area contributed by atoms with Crippen LogP contribution in [0.2, 0.25) is 0 Å². The van der Waals surface area contributed by atoms with Crippen LogP contribution in [0.15, 0.2) is 0 Å². The van der Waals surface area contributed by atoms with Gasteiger partial charge >= 0.3 is 0 Å². The summed E-state index contributed by atoms with van der Waals surface area (Å²) in [4.78, 5) is 13.9. The van der Waals surface area contributed by atoms with Crippen LogP contribution in [-0.4, -0.2) is 47.7 Å². The lowest BCUT2D eigenvalue weighted by Gasteiger charge is -2.32. The van der Waals surface area contributed by atoms with Gasteiger partial charge in [0.25, 0.3) is 0 Å². The van der Waals surface area contributed by atoms with E-state index in [1.165, 1.54) is 0 Å². The summed E-state index contributed by atoms with van der Waals surface area (Å²) in [5.41, 5.74) is -0.576. The first-order chi connectivity index (χ1) is 7.08. The van der Waals surface area contributed by atoms with Crippen molar-refractivity contribution in [3.05, 3.63) is 0 Å². The van der Waals surface area contributed by atoms with Crippen molar-refractivity contribution in [2.45, 2.75) is 31.8 Å². The summed E-state index contributed by atoms with van der Waals surface area (Å²) in [6, 6.07) is 0. The molecule has 86 valence electrons. The van der Waals surface area contributed by atoms with E-state index in [0.717, 1.165) is 32.5 Å². The molecule has 4 heteroatoms. The number of nitrogens with zero attached hydrogens (tertiary/aromatic N) is 1. The van der Waals surface area contributed by atoms with Gasteiger partial charge in [0.1, 0.15) is 0 Å². The van der Waals surface area contributed by atoms with E-state index in [0.29, 0.717) is 13.0 Å². The molecule has 2 N–H and O–H groups in total. The molecule has 0 aromatic heterocycles. The largest absolute Gasteiger partial charge is 0.390 e. The Balaban J connectivity index is 1.90. The molecular weight excluding hydrogens is 192 g/mol. The molecule has 0 spiro atoms. The van der Waals surface area contributed by atoms with Crippen molar-refractivity contribution in [3.8, 4) is 0 Å². The van der Waals surface area contributed by atoms with E-state index >= 15 is 0 Å². The Morgan fingerprint density at radius 3 is 2.73 bits per heavy atom.